The molecular weight excluding hydrogens is 423 g/mol. The van der Waals surface area contributed by atoms with E-state index in [0.29, 0.717) is 20.6 Å². The maximum absolute atomic E-state index is 11.8. The fraction of sp³-hybridized carbons (Fsp3) is 0. The van der Waals surface area contributed by atoms with E-state index in [9.17, 15) is 9.90 Å². The van der Waals surface area contributed by atoms with Crippen LogP contribution in [-0.4, -0.2) is 17.2 Å². The number of benzene rings is 2. The molecule has 0 unspecified atom stereocenters. The Kier molecular flexibility index (Phi) is 5.39. The number of phenolic OH excluding ortho intramolecular Hbond substituents is 1. The summed E-state index contributed by atoms with van der Waals surface area (Å²) in [5, 5.41) is 14.0. The van der Waals surface area contributed by atoms with Gasteiger partial charge in [0, 0.05) is 20.6 Å². The Morgan fingerprint density at radius 1 is 1.19 bits per heavy atom. The molecule has 0 aliphatic carbocycles. The minimum Gasteiger partial charge on any atom is -0.507 e. The van der Waals surface area contributed by atoms with Crippen LogP contribution in [0.2, 0.25) is 5.02 Å². The minimum absolute atomic E-state index is 0.0867. The van der Waals surface area contributed by atoms with Crippen LogP contribution in [-0.2, 0) is 0 Å². The smallest absolute Gasteiger partial charge is 0.271 e. The molecule has 0 saturated carbocycles. The number of hydrogen-bond donors (Lipinski definition) is 2. The van der Waals surface area contributed by atoms with Gasteiger partial charge in [0.2, 0.25) is 0 Å². The van der Waals surface area contributed by atoms with Gasteiger partial charge in [-0.25, -0.2) is 5.43 Å². The highest BCUT2D eigenvalue weighted by atomic mass is 79.9. The fourth-order valence-electron chi connectivity index (χ4n) is 1.48. The van der Waals surface area contributed by atoms with Crippen molar-refractivity contribution in [1.29, 1.82) is 0 Å². The lowest BCUT2D eigenvalue weighted by atomic mass is 10.2. The van der Waals surface area contributed by atoms with Gasteiger partial charge in [-0.05, 0) is 52.3 Å². The molecule has 0 radical (unpaired) electrons. The van der Waals surface area contributed by atoms with E-state index in [1.807, 2.05) is 0 Å². The Bertz CT molecular complexity index is 703. The third-order valence-corrected chi connectivity index (χ3v) is 4.12. The topological polar surface area (TPSA) is 61.7 Å². The Hall–Kier alpha value is -1.37. The highest BCUT2D eigenvalue weighted by molar-refractivity contribution is 9.11. The molecular formula is C14H9Br2ClN2O2. The quantitative estimate of drug-likeness (QED) is 0.560. The van der Waals surface area contributed by atoms with Crippen molar-refractivity contribution in [2.45, 2.75) is 0 Å². The first-order valence-electron chi connectivity index (χ1n) is 5.74. The first kappa shape index (κ1) is 16.0. The number of halogens is 3. The summed E-state index contributed by atoms with van der Waals surface area (Å²) in [6, 6.07) is 9.68. The third kappa shape index (κ3) is 4.30. The zero-order valence-corrected chi connectivity index (χ0v) is 14.4. The molecule has 0 saturated heterocycles. The van der Waals surface area contributed by atoms with Crippen molar-refractivity contribution in [2.75, 3.05) is 0 Å². The zero-order chi connectivity index (χ0) is 15.4. The molecule has 4 nitrogen and oxygen atoms in total. The maximum Gasteiger partial charge on any atom is 0.271 e. The van der Waals surface area contributed by atoms with Crippen molar-refractivity contribution in [3.63, 3.8) is 0 Å². The third-order valence-electron chi connectivity index (χ3n) is 2.54. The second-order valence-corrected chi connectivity index (χ2v) is 6.18. The molecule has 2 rings (SSSR count). The molecule has 0 atom stereocenters. The summed E-state index contributed by atoms with van der Waals surface area (Å²) in [5.41, 5.74) is 3.49. The lowest BCUT2D eigenvalue weighted by Crippen LogP contribution is -2.17. The van der Waals surface area contributed by atoms with Gasteiger partial charge < -0.3 is 5.11 Å². The molecule has 1 amide bonds. The second-order valence-electron chi connectivity index (χ2n) is 4.03. The van der Waals surface area contributed by atoms with E-state index in [1.165, 1.54) is 12.3 Å². The Morgan fingerprint density at radius 3 is 2.52 bits per heavy atom. The number of rotatable bonds is 3. The van der Waals surface area contributed by atoms with Crippen molar-refractivity contribution >= 4 is 55.6 Å². The number of carbonyl (C=O) groups is 1. The van der Waals surface area contributed by atoms with Crippen LogP contribution in [0, 0.1) is 0 Å². The fourth-order valence-corrected chi connectivity index (χ4v) is 2.70. The van der Waals surface area contributed by atoms with Crippen LogP contribution in [0.5, 0.6) is 5.75 Å². The summed E-state index contributed by atoms with van der Waals surface area (Å²) < 4.78 is 1.30. The summed E-state index contributed by atoms with van der Waals surface area (Å²) in [5.74, 6) is -0.260. The average Bonchev–Trinajstić information content (AvgIpc) is 2.45. The van der Waals surface area contributed by atoms with Crippen LogP contribution in [0.15, 0.2) is 50.4 Å². The molecule has 0 bridgehead atoms. The Labute approximate surface area is 143 Å². The number of nitrogens with one attached hydrogen (secondary N) is 1. The van der Waals surface area contributed by atoms with E-state index in [-0.39, 0.29) is 11.7 Å². The predicted octanol–water partition coefficient (Wildman–Crippen LogP) is 4.33. The van der Waals surface area contributed by atoms with Crippen molar-refractivity contribution in [2.24, 2.45) is 5.10 Å². The molecule has 0 fully saturated rings. The molecule has 2 aromatic carbocycles. The maximum atomic E-state index is 11.8. The van der Waals surface area contributed by atoms with Gasteiger partial charge in [0.05, 0.1) is 10.7 Å². The number of phenols is 1. The molecule has 0 aliphatic heterocycles. The summed E-state index contributed by atoms with van der Waals surface area (Å²) in [6.45, 7) is 0. The zero-order valence-electron chi connectivity index (χ0n) is 10.5. The number of carbonyl (C=O) groups excluding carboxylic acids is 1. The van der Waals surface area contributed by atoms with Crippen molar-refractivity contribution < 1.29 is 9.90 Å². The number of amides is 1. The van der Waals surface area contributed by atoms with Crippen LogP contribution >= 0.6 is 43.5 Å². The SMILES string of the molecule is O=C(NN=Cc1cc(O)c(Br)cc1Br)c1ccc(Cl)cc1. The molecule has 7 heteroatoms. The summed E-state index contributed by atoms with van der Waals surface area (Å²) in [7, 11) is 0. The van der Waals surface area contributed by atoms with E-state index in [4.69, 9.17) is 11.6 Å². The van der Waals surface area contributed by atoms with Gasteiger partial charge in [0.25, 0.3) is 5.91 Å². The normalized spacial score (nSPS) is 10.8. The van der Waals surface area contributed by atoms with Gasteiger partial charge in [-0.1, -0.05) is 27.5 Å². The van der Waals surface area contributed by atoms with E-state index in [0.717, 1.165) is 4.47 Å². The summed E-state index contributed by atoms with van der Waals surface area (Å²) in [4.78, 5) is 11.8. The highest BCUT2D eigenvalue weighted by Crippen LogP contribution is 2.29. The van der Waals surface area contributed by atoms with Gasteiger partial charge in [0.1, 0.15) is 5.75 Å². The van der Waals surface area contributed by atoms with Crippen molar-refractivity contribution in [3.8, 4) is 5.75 Å². The predicted molar refractivity (Wildman–Crippen MR) is 90.0 cm³/mol. The van der Waals surface area contributed by atoms with Crippen molar-refractivity contribution in [1.82, 2.24) is 5.43 Å². The molecule has 0 spiro atoms. The second kappa shape index (κ2) is 7.06. The van der Waals surface area contributed by atoms with Crippen LogP contribution in [0.25, 0.3) is 0 Å². The van der Waals surface area contributed by atoms with E-state index < -0.39 is 0 Å². The van der Waals surface area contributed by atoms with Crippen LogP contribution in [0.4, 0.5) is 0 Å². The summed E-state index contributed by atoms with van der Waals surface area (Å²) in [6.07, 6.45) is 1.43. The Morgan fingerprint density at radius 2 is 1.86 bits per heavy atom. The van der Waals surface area contributed by atoms with E-state index in [2.05, 4.69) is 42.4 Å². The molecule has 0 heterocycles. The standard InChI is InChI=1S/C14H9Br2ClN2O2/c15-11-6-12(16)13(20)5-9(11)7-18-19-14(21)8-1-3-10(17)4-2-8/h1-7,20H,(H,19,21). The average molecular weight is 432 g/mol. The van der Waals surface area contributed by atoms with Gasteiger partial charge >= 0.3 is 0 Å². The van der Waals surface area contributed by atoms with Crippen LogP contribution in [0.1, 0.15) is 15.9 Å². The first-order chi connectivity index (χ1) is 9.97. The Balaban J connectivity index is 2.07. The molecule has 108 valence electrons. The van der Waals surface area contributed by atoms with Gasteiger partial charge in [0.15, 0.2) is 0 Å². The molecule has 21 heavy (non-hydrogen) atoms. The molecule has 0 aliphatic rings. The number of hydrazone groups is 1. The minimum atomic E-state index is -0.347. The lowest BCUT2D eigenvalue weighted by molar-refractivity contribution is 0.0955. The molecule has 2 N–H and O–H groups in total. The number of aromatic hydroxyl groups is 1. The molecule has 0 aromatic heterocycles. The summed E-state index contributed by atoms with van der Waals surface area (Å²) >= 11 is 12.3. The monoisotopic (exact) mass is 430 g/mol. The van der Waals surface area contributed by atoms with Gasteiger partial charge in [-0.2, -0.15) is 5.10 Å². The number of nitrogens with zero attached hydrogens (tertiary/aromatic N) is 1. The van der Waals surface area contributed by atoms with Gasteiger partial charge in [-0.15, -0.1) is 0 Å². The number of hydrogen-bond acceptors (Lipinski definition) is 3. The highest BCUT2D eigenvalue weighted by Gasteiger charge is 2.05. The lowest BCUT2D eigenvalue weighted by Gasteiger charge is -2.03. The largest absolute Gasteiger partial charge is 0.507 e. The van der Waals surface area contributed by atoms with Crippen molar-refractivity contribution in [3.05, 3.63) is 61.5 Å². The van der Waals surface area contributed by atoms with E-state index >= 15 is 0 Å². The molecule has 2 aromatic rings. The van der Waals surface area contributed by atoms with Crippen LogP contribution < -0.4 is 5.43 Å². The van der Waals surface area contributed by atoms with Crippen LogP contribution in [0.3, 0.4) is 0 Å². The first-order valence-corrected chi connectivity index (χ1v) is 7.71. The van der Waals surface area contributed by atoms with Gasteiger partial charge in [-0.3, -0.25) is 4.79 Å². The van der Waals surface area contributed by atoms with E-state index in [1.54, 1.807) is 30.3 Å².